The maximum atomic E-state index is 4.49. The van der Waals surface area contributed by atoms with E-state index in [1.165, 1.54) is 7.62 Å². The third-order valence-electron chi connectivity index (χ3n) is 0.342. The lowest BCUT2D eigenvalue weighted by molar-refractivity contribution is 0.0434. The summed E-state index contributed by atoms with van der Waals surface area (Å²) < 4.78 is 4.49. The summed E-state index contributed by atoms with van der Waals surface area (Å²) in [6, 6.07) is 0. The molecule has 0 spiro atoms. The van der Waals surface area contributed by atoms with E-state index in [0.29, 0.717) is 6.79 Å². The van der Waals surface area contributed by atoms with Gasteiger partial charge in [-0.1, -0.05) is 0 Å². The Morgan fingerprint density at radius 3 is 3.00 bits per heavy atom. The van der Waals surface area contributed by atoms with Crippen molar-refractivity contribution in [3.63, 3.8) is 0 Å². The molecular formula is CH3BNO2. The van der Waals surface area contributed by atoms with E-state index in [9.17, 15) is 0 Å². The second-order valence-corrected chi connectivity index (χ2v) is 0.665. The lowest BCUT2D eigenvalue weighted by atomic mass is 10.3. The maximum Gasteiger partial charge on any atom is 0.423 e. The van der Waals surface area contributed by atoms with Gasteiger partial charge in [0, 0.05) is 0 Å². The van der Waals surface area contributed by atoms with Crippen molar-refractivity contribution in [2.45, 2.75) is 0 Å². The van der Waals surface area contributed by atoms with Gasteiger partial charge in [-0.3, -0.25) is 4.84 Å². The molecule has 1 radical (unpaired) electrons. The maximum absolute atomic E-state index is 4.49. The first-order valence-corrected chi connectivity index (χ1v) is 1.31. The topological polar surface area (TPSA) is 30.5 Å². The predicted octanol–water partition coefficient (Wildman–Crippen LogP) is -0.971. The van der Waals surface area contributed by atoms with Crippen molar-refractivity contribution in [3.05, 3.63) is 0 Å². The normalized spacial score (nSPS) is 22.4. The van der Waals surface area contributed by atoms with Crippen LogP contribution in [0.2, 0.25) is 0 Å². The lowest BCUT2D eigenvalue weighted by Crippen LogP contribution is -2.06. The average Bonchev–Trinajstić information content (AvgIpc) is 1.76. The number of hydrogen-bond acceptors (Lipinski definition) is 3. The van der Waals surface area contributed by atoms with Crippen molar-refractivity contribution in [3.8, 4) is 0 Å². The Morgan fingerprint density at radius 1 is 1.80 bits per heavy atom. The summed E-state index contributed by atoms with van der Waals surface area (Å²) in [5.74, 6) is 0. The molecular weight excluding hydrogens is 68.8 g/mol. The molecule has 1 aliphatic heterocycles. The first-order valence-electron chi connectivity index (χ1n) is 1.31. The van der Waals surface area contributed by atoms with Gasteiger partial charge < -0.3 is 4.65 Å². The van der Waals surface area contributed by atoms with Crippen molar-refractivity contribution < 1.29 is 9.49 Å². The molecule has 1 N–H and O–H groups in total. The summed E-state index contributed by atoms with van der Waals surface area (Å²) in [6.07, 6.45) is 0. The fourth-order valence-electron chi connectivity index (χ4n) is 0.170. The van der Waals surface area contributed by atoms with Gasteiger partial charge in [0.15, 0.2) is 6.79 Å². The molecule has 1 aliphatic rings. The first-order chi connectivity index (χ1) is 2.50. The van der Waals surface area contributed by atoms with Crippen LogP contribution in [0.4, 0.5) is 0 Å². The van der Waals surface area contributed by atoms with Crippen LogP contribution in [-0.2, 0) is 9.49 Å². The lowest BCUT2D eigenvalue weighted by Gasteiger charge is -1.77. The molecule has 1 rings (SSSR count). The summed E-state index contributed by atoms with van der Waals surface area (Å²) in [4.78, 5) is 4.42. The van der Waals surface area contributed by atoms with Crippen molar-refractivity contribution in [1.82, 2.24) is 5.39 Å². The molecule has 0 bridgehead atoms. The summed E-state index contributed by atoms with van der Waals surface area (Å²) in [6.45, 7) is 0.333. The highest BCUT2D eigenvalue weighted by atomic mass is 16.8. The molecule has 0 unspecified atom stereocenters. The Morgan fingerprint density at radius 2 is 2.80 bits per heavy atom. The molecule has 0 saturated carbocycles. The minimum absolute atomic E-state index is 0.333. The quantitative estimate of drug-likeness (QED) is 0.373. The predicted molar refractivity (Wildman–Crippen MR) is 15.9 cm³/mol. The van der Waals surface area contributed by atoms with Crippen molar-refractivity contribution in [2.24, 2.45) is 0 Å². The van der Waals surface area contributed by atoms with E-state index in [1.807, 2.05) is 0 Å². The van der Waals surface area contributed by atoms with Gasteiger partial charge in [-0.25, -0.2) is 5.39 Å². The first kappa shape index (κ1) is 3.15. The molecule has 1 fully saturated rings. The van der Waals surface area contributed by atoms with E-state index in [2.05, 4.69) is 14.9 Å². The van der Waals surface area contributed by atoms with E-state index in [4.69, 9.17) is 0 Å². The Bertz CT molecular complexity index is 21.2. The van der Waals surface area contributed by atoms with Crippen LogP contribution in [-0.4, -0.2) is 14.4 Å². The molecule has 0 amide bonds. The van der Waals surface area contributed by atoms with E-state index in [-0.39, 0.29) is 0 Å². The van der Waals surface area contributed by atoms with Crippen molar-refractivity contribution in [2.75, 3.05) is 6.79 Å². The third-order valence-corrected chi connectivity index (χ3v) is 0.342. The molecule has 4 heteroatoms. The Hall–Kier alpha value is -0.0551. The van der Waals surface area contributed by atoms with Gasteiger partial charge in [0.05, 0.1) is 0 Å². The summed E-state index contributed by atoms with van der Waals surface area (Å²) >= 11 is 0. The molecule has 0 aromatic rings. The molecule has 1 saturated heterocycles. The average molecular weight is 71.9 g/mol. The molecule has 0 aromatic carbocycles. The number of rotatable bonds is 0. The zero-order chi connectivity index (χ0) is 3.54. The molecule has 5 heavy (non-hydrogen) atoms. The van der Waals surface area contributed by atoms with Gasteiger partial charge in [-0.2, -0.15) is 0 Å². The second-order valence-electron chi connectivity index (χ2n) is 0.665. The Kier molecular flexibility index (Phi) is 0.881. The van der Waals surface area contributed by atoms with Crippen LogP contribution in [0.25, 0.3) is 0 Å². The molecule has 0 atom stereocenters. The van der Waals surface area contributed by atoms with Gasteiger partial charge in [0.2, 0.25) is 0 Å². The molecule has 0 aliphatic carbocycles. The van der Waals surface area contributed by atoms with Crippen LogP contribution in [0.5, 0.6) is 0 Å². The summed E-state index contributed by atoms with van der Waals surface area (Å²) in [7, 11) is 1.39. The zero-order valence-corrected chi connectivity index (χ0v) is 2.60. The van der Waals surface area contributed by atoms with Gasteiger partial charge in [-0.05, 0) is 0 Å². The van der Waals surface area contributed by atoms with Gasteiger partial charge in [0.1, 0.15) is 0 Å². The number of nitrogens with one attached hydrogen (secondary N) is 1. The van der Waals surface area contributed by atoms with Crippen LogP contribution >= 0.6 is 0 Å². The van der Waals surface area contributed by atoms with E-state index < -0.39 is 0 Å². The highest BCUT2D eigenvalue weighted by molar-refractivity contribution is 6.23. The van der Waals surface area contributed by atoms with Crippen LogP contribution in [0.1, 0.15) is 0 Å². The zero-order valence-electron chi connectivity index (χ0n) is 2.60. The summed E-state index contributed by atoms with van der Waals surface area (Å²) in [5, 5.41) is 2.38. The van der Waals surface area contributed by atoms with E-state index >= 15 is 0 Å². The fourth-order valence-corrected chi connectivity index (χ4v) is 0.170. The van der Waals surface area contributed by atoms with Crippen LogP contribution in [0.15, 0.2) is 0 Å². The minimum Gasteiger partial charge on any atom is -0.399 e. The second kappa shape index (κ2) is 1.40. The van der Waals surface area contributed by atoms with E-state index in [1.54, 1.807) is 0 Å². The molecule has 0 aromatic heterocycles. The minimum atomic E-state index is 0.333. The summed E-state index contributed by atoms with van der Waals surface area (Å²) in [5.41, 5.74) is 0. The highest BCUT2D eigenvalue weighted by Crippen LogP contribution is 1.74. The Balaban J connectivity index is 2.08. The van der Waals surface area contributed by atoms with Crippen molar-refractivity contribution >= 4 is 7.62 Å². The standard InChI is InChI=1S/CH3BNO2/c1-4-2-3-5-1/h3H,1H2. The van der Waals surface area contributed by atoms with Gasteiger partial charge in [0.25, 0.3) is 0 Å². The monoisotopic (exact) mass is 72.0 g/mol. The molecule has 3 nitrogen and oxygen atoms in total. The third kappa shape index (κ3) is 0.610. The fraction of sp³-hybridized carbons (Fsp3) is 1.00. The van der Waals surface area contributed by atoms with Crippen molar-refractivity contribution in [1.29, 1.82) is 0 Å². The number of hydrogen-bond donors (Lipinski definition) is 1. The Labute approximate surface area is 30.5 Å². The van der Waals surface area contributed by atoms with Gasteiger partial charge in [-0.15, -0.1) is 0 Å². The van der Waals surface area contributed by atoms with Crippen LogP contribution < -0.4 is 5.39 Å². The largest absolute Gasteiger partial charge is 0.423 e. The van der Waals surface area contributed by atoms with Crippen LogP contribution in [0.3, 0.4) is 0 Å². The highest BCUT2D eigenvalue weighted by Gasteiger charge is 1.97. The SMILES string of the molecule is [B]1NOCO1. The molecule has 1 heterocycles. The van der Waals surface area contributed by atoms with E-state index in [0.717, 1.165) is 0 Å². The van der Waals surface area contributed by atoms with Crippen LogP contribution in [0, 0.1) is 0 Å². The van der Waals surface area contributed by atoms with Gasteiger partial charge >= 0.3 is 7.62 Å². The molecule has 27 valence electrons. The smallest absolute Gasteiger partial charge is 0.399 e.